The van der Waals surface area contributed by atoms with Crippen molar-refractivity contribution in [1.82, 2.24) is 5.32 Å². The van der Waals surface area contributed by atoms with Gasteiger partial charge < -0.3 is 20.8 Å². The van der Waals surface area contributed by atoms with Gasteiger partial charge >= 0.3 is 11.9 Å². The first kappa shape index (κ1) is 16.2. The minimum Gasteiger partial charge on any atom is -0.481 e. The first-order chi connectivity index (χ1) is 9.79. The molecular formula is C13H14N2O6. The molecule has 0 unspecified atom stereocenters. The molecule has 8 nitrogen and oxygen atoms in total. The molecule has 1 aromatic carbocycles. The number of rotatable bonds is 6. The molecule has 0 saturated heterocycles. The molecule has 0 aromatic heterocycles. The molecule has 0 aliphatic carbocycles. The SMILES string of the molecule is CC(=O)Nc1ccc(C(=O)N[C@@H](CC(=O)O)C(=O)O)cc1. The first-order valence-corrected chi connectivity index (χ1v) is 5.92. The summed E-state index contributed by atoms with van der Waals surface area (Å²) in [7, 11) is 0. The number of carboxylic acids is 2. The molecule has 2 amide bonds. The topological polar surface area (TPSA) is 133 Å². The van der Waals surface area contributed by atoms with E-state index < -0.39 is 30.3 Å². The van der Waals surface area contributed by atoms with Crippen LogP contribution >= 0.6 is 0 Å². The maximum atomic E-state index is 11.8. The van der Waals surface area contributed by atoms with Gasteiger partial charge in [-0.2, -0.15) is 0 Å². The monoisotopic (exact) mass is 294 g/mol. The third-order valence-corrected chi connectivity index (χ3v) is 2.45. The fourth-order valence-corrected chi connectivity index (χ4v) is 1.52. The van der Waals surface area contributed by atoms with E-state index in [0.29, 0.717) is 5.69 Å². The van der Waals surface area contributed by atoms with Crippen LogP contribution in [-0.2, 0) is 14.4 Å². The van der Waals surface area contributed by atoms with E-state index in [4.69, 9.17) is 10.2 Å². The summed E-state index contributed by atoms with van der Waals surface area (Å²) in [6.45, 7) is 1.34. The van der Waals surface area contributed by atoms with Gasteiger partial charge in [-0.3, -0.25) is 14.4 Å². The minimum atomic E-state index is -1.51. The Morgan fingerprint density at radius 1 is 1.10 bits per heavy atom. The molecule has 0 aliphatic heterocycles. The predicted molar refractivity (Wildman–Crippen MR) is 71.9 cm³/mol. The fraction of sp³-hybridized carbons (Fsp3) is 0.231. The van der Waals surface area contributed by atoms with Crippen LogP contribution in [0.25, 0.3) is 0 Å². The third kappa shape index (κ3) is 5.31. The van der Waals surface area contributed by atoms with Gasteiger partial charge in [-0.15, -0.1) is 0 Å². The van der Waals surface area contributed by atoms with Crippen LogP contribution in [0.3, 0.4) is 0 Å². The van der Waals surface area contributed by atoms with E-state index >= 15 is 0 Å². The highest BCUT2D eigenvalue weighted by molar-refractivity contribution is 5.98. The van der Waals surface area contributed by atoms with E-state index in [9.17, 15) is 19.2 Å². The van der Waals surface area contributed by atoms with Crippen molar-refractivity contribution in [2.75, 3.05) is 5.32 Å². The van der Waals surface area contributed by atoms with Gasteiger partial charge in [-0.1, -0.05) is 0 Å². The zero-order valence-electron chi connectivity index (χ0n) is 11.1. The molecule has 0 heterocycles. The molecule has 0 spiro atoms. The summed E-state index contributed by atoms with van der Waals surface area (Å²) in [5, 5.41) is 22.0. The average molecular weight is 294 g/mol. The number of nitrogens with one attached hydrogen (secondary N) is 2. The second-order valence-corrected chi connectivity index (χ2v) is 4.22. The summed E-state index contributed by atoms with van der Waals surface area (Å²) in [5.74, 6) is -3.73. The molecular weight excluding hydrogens is 280 g/mol. The van der Waals surface area contributed by atoms with Gasteiger partial charge in [0.15, 0.2) is 0 Å². The van der Waals surface area contributed by atoms with Crippen molar-refractivity contribution in [3.8, 4) is 0 Å². The Labute approximate surface area is 119 Å². The number of carboxylic acid groups (broad SMARTS) is 2. The van der Waals surface area contributed by atoms with Crippen LogP contribution in [0, 0.1) is 0 Å². The Hall–Kier alpha value is -2.90. The highest BCUT2D eigenvalue weighted by atomic mass is 16.4. The molecule has 0 fully saturated rings. The van der Waals surface area contributed by atoms with Gasteiger partial charge in [0.25, 0.3) is 5.91 Å². The molecule has 0 bridgehead atoms. The van der Waals surface area contributed by atoms with Crippen LogP contribution in [0.15, 0.2) is 24.3 Å². The quantitative estimate of drug-likeness (QED) is 0.596. The second kappa shape index (κ2) is 7.04. The smallest absolute Gasteiger partial charge is 0.326 e. The van der Waals surface area contributed by atoms with Gasteiger partial charge in [0.05, 0.1) is 6.42 Å². The summed E-state index contributed by atoms with van der Waals surface area (Å²) in [6, 6.07) is 4.22. The van der Waals surface area contributed by atoms with Crippen molar-refractivity contribution in [1.29, 1.82) is 0 Å². The molecule has 21 heavy (non-hydrogen) atoms. The predicted octanol–water partition coefficient (Wildman–Crippen LogP) is 0.303. The normalized spacial score (nSPS) is 11.3. The molecule has 4 N–H and O–H groups in total. The van der Waals surface area contributed by atoms with E-state index in [1.165, 1.54) is 31.2 Å². The zero-order valence-corrected chi connectivity index (χ0v) is 11.1. The van der Waals surface area contributed by atoms with Crippen molar-refractivity contribution >= 4 is 29.4 Å². The standard InChI is InChI=1S/C13H14N2O6/c1-7(16)14-9-4-2-8(3-5-9)12(19)15-10(13(20)21)6-11(17)18/h2-5,10H,6H2,1H3,(H,14,16)(H,15,19)(H,17,18)(H,20,21)/t10-/m0/s1. The molecule has 0 radical (unpaired) electrons. The largest absolute Gasteiger partial charge is 0.481 e. The number of carbonyl (C=O) groups excluding carboxylic acids is 2. The molecule has 1 rings (SSSR count). The van der Waals surface area contributed by atoms with Crippen molar-refractivity contribution in [3.63, 3.8) is 0 Å². The first-order valence-electron chi connectivity index (χ1n) is 5.92. The Morgan fingerprint density at radius 3 is 2.10 bits per heavy atom. The lowest BCUT2D eigenvalue weighted by molar-refractivity contribution is -0.145. The lowest BCUT2D eigenvalue weighted by Crippen LogP contribution is -2.42. The Bertz CT molecular complexity index is 567. The van der Waals surface area contributed by atoms with Crippen LogP contribution in [0.5, 0.6) is 0 Å². The molecule has 0 aliphatic rings. The zero-order chi connectivity index (χ0) is 16.0. The lowest BCUT2D eigenvalue weighted by atomic mass is 10.1. The van der Waals surface area contributed by atoms with Crippen LogP contribution in [-0.4, -0.2) is 40.0 Å². The van der Waals surface area contributed by atoms with Gasteiger partial charge in [0.2, 0.25) is 5.91 Å². The van der Waals surface area contributed by atoms with Crippen LogP contribution in [0.2, 0.25) is 0 Å². The van der Waals surface area contributed by atoms with Crippen molar-refractivity contribution in [2.45, 2.75) is 19.4 Å². The van der Waals surface area contributed by atoms with Gasteiger partial charge in [-0.05, 0) is 24.3 Å². The number of aliphatic carboxylic acids is 2. The fourth-order valence-electron chi connectivity index (χ4n) is 1.52. The molecule has 1 aromatic rings. The number of benzene rings is 1. The summed E-state index contributed by atoms with van der Waals surface area (Å²) < 4.78 is 0. The van der Waals surface area contributed by atoms with Crippen molar-refractivity contribution in [3.05, 3.63) is 29.8 Å². The lowest BCUT2D eigenvalue weighted by Gasteiger charge is -2.12. The van der Waals surface area contributed by atoms with E-state index in [0.717, 1.165) is 0 Å². The number of amides is 2. The van der Waals surface area contributed by atoms with Crippen molar-refractivity contribution < 1.29 is 29.4 Å². The van der Waals surface area contributed by atoms with Gasteiger partial charge in [0, 0.05) is 18.2 Å². The van der Waals surface area contributed by atoms with E-state index in [1.807, 2.05) is 0 Å². The second-order valence-electron chi connectivity index (χ2n) is 4.22. The minimum absolute atomic E-state index is 0.153. The number of carbonyl (C=O) groups is 4. The van der Waals surface area contributed by atoms with Crippen LogP contribution in [0.4, 0.5) is 5.69 Å². The summed E-state index contributed by atoms with van der Waals surface area (Å²) in [5.41, 5.74) is 0.639. The third-order valence-electron chi connectivity index (χ3n) is 2.45. The number of anilines is 1. The summed E-state index contributed by atoms with van der Waals surface area (Å²) >= 11 is 0. The molecule has 112 valence electrons. The Kier molecular flexibility index (Phi) is 5.41. The highest BCUT2D eigenvalue weighted by Crippen LogP contribution is 2.10. The van der Waals surface area contributed by atoms with Gasteiger partial charge in [0.1, 0.15) is 6.04 Å². The van der Waals surface area contributed by atoms with Crippen LogP contribution in [0.1, 0.15) is 23.7 Å². The van der Waals surface area contributed by atoms with Gasteiger partial charge in [-0.25, -0.2) is 4.79 Å². The van der Waals surface area contributed by atoms with E-state index in [1.54, 1.807) is 0 Å². The highest BCUT2D eigenvalue weighted by Gasteiger charge is 2.23. The molecule has 0 saturated carbocycles. The van der Waals surface area contributed by atoms with E-state index in [-0.39, 0.29) is 11.5 Å². The Balaban J connectivity index is 2.76. The summed E-state index contributed by atoms with van der Waals surface area (Å²) in [6.07, 6.45) is -0.717. The number of hydrogen-bond acceptors (Lipinski definition) is 4. The molecule has 8 heteroatoms. The number of hydrogen-bond donors (Lipinski definition) is 4. The maximum Gasteiger partial charge on any atom is 0.326 e. The van der Waals surface area contributed by atoms with E-state index in [2.05, 4.69) is 10.6 Å². The Morgan fingerprint density at radius 2 is 1.67 bits per heavy atom. The van der Waals surface area contributed by atoms with Crippen LogP contribution < -0.4 is 10.6 Å². The average Bonchev–Trinajstić information content (AvgIpc) is 2.37. The van der Waals surface area contributed by atoms with Crippen molar-refractivity contribution in [2.24, 2.45) is 0 Å². The maximum absolute atomic E-state index is 11.8. The molecule has 1 atom stereocenters. The summed E-state index contributed by atoms with van der Waals surface area (Å²) in [4.78, 5) is 44.0.